The summed E-state index contributed by atoms with van der Waals surface area (Å²) in [5.41, 5.74) is 8.65. The molecule has 176 valence electrons. The van der Waals surface area contributed by atoms with Crippen LogP contribution in [-0.2, 0) is 17.7 Å². The highest BCUT2D eigenvalue weighted by molar-refractivity contribution is 5.75. The fraction of sp³-hybridized carbons (Fsp3) is 0.462. The van der Waals surface area contributed by atoms with Crippen molar-refractivity contribution < 1.29 is 13.9 Å². The van der Waals surface area contributed by atoms with Gasteiger partial charge < -0.3 is 19.9 Å². The number of halogens is 1. The Morgan fingerprint density at radius 2 is 1.97 bits per heavy atom. The minimum absolute atomic E-state index is 0.00460. The zero-order valence-electron chi connectivity index (χ0n) is 19.8. The standard InChI is InChI=1S/C26H33FN4O2/c1-25(2,3)14-19(15-31-17-29-21-7-5-6-8-23(21)31)26(4,33-24(28)32)16-30-12-11-18-13-20(27)9-10-22(18)30/h5-10,13,17,19H,11-12,14-16H2,1-4H3,(H2,28,32)/t19?,26-/m1/s1. The number of benzene rings is 2. The van der Waals surface area contributed by atoms with E-state index in [0.717, 1.165) is 41.7 Å². The third-order valence-electron chi connectivity index (χ3n) is 6.54. The Morgan fingerprint density at radius 1 is 1.21 bits per heavy atom. The first kappa shape index (κ1) is 23.1. The van der Waals surface area contributed by atoms with Gasteiger partial charge in [0, 0.05) is 24.7 Å². The number of carbonyl (C=O) groups is 1. The van der Waals surface area contributed by atoms with E-state index in [1.165, 1.54) is 6.07 Å². The highest BCUT2D eigenvalue weighted by Crippen LogP contribution is 2.38. The first-order valence-electron chi connectivity index (χ1n) is 11.5. The second-order valence-corrected chi connectivity index (χ2v) is 10.5. The molecule has 0 saturated heterocycles. The molecule has 1 amide bonds. The number of amides is 1. The quantitative estimate of drug-likeness (QED) is 0.538. The van der Waals surface area contributed by atoms with Gasteiger partial charge in [0.2, 0.25) is 0 Å². The lowest BCUT2D eigenvalue weighted by Crippen LogP contribution is -2.52. The molecule has 1 aliphatic rings. The maximum atomic E-state index is 13.7. The maximum Gasteiger partial charge on any atom is 0.405 e. The first-order valence-corrected chi connectivity index (χ1v) is 11.5. The fourth-order valence-corrected chi connectivity index (χ4v) is 5.06. The summed E-state index contributed by atoms with van der Waals surface area (Å²) in [6, 6.07) is 12.9. The van der Waals surface area contributed by atoms with Crippen LogP contribution in [0.5, 0.6) is 0 Å². The highest BCUT2D eigenvalue weighted by atomic mass is 19.1. The fourth-order valence-electron chi connectivity index (χ4n) is 5.06. The topological polar surface area (TPSA) is 73.4 Å². The van der Waals surface area contributed by atoms with Crippen molar-refractivity contribution in [2.24, 2.45) is 17.1 Å². The summed E-state index contributed by atoms with van der Waals surface area (Å²) in [5.74, 6) is -0.267. The number of nitrogens with zero attached hydrogens (tertiary/aromatic N) is 3. The molecule has 0 aliphatic carbocycles. The molecule has 2 heterocycles. The normalized spacial score (nSPS) is 16.5. The molecule has 2 N–H and O–H groups in total. The summed E-state index contributed by atoms with van der Waals surface area (Å²) in [7, 11) is 0. The average Bonchev–Trinajstić information content (AvgIpc) is 3.30. The van der Waals surface area contributed by atoms with Crippen LogP contribution in [0.1, 0.15) is 39.7 Å². The van der Waals surface area contributed by atoms with Crippen LogP contribution in [0.3, 0.4) is 0 Å². The number of aromatic nitrogens is 2. The molecule has 33 heavy (non-hydrogen) atoms. The maximum absolute atomic E-state index is 13.7. The molecule has 0 radical (unpaired) electrons. The number of hydrogen-bond acceptors (Lipinski definition) is 4. The largest absolute Gasteiger partial charge is 0.441 e. The van der Waals surface area contributed by atoms with E-state index in [1.54, 1.807) is 6.07 Å². The van der Waals surface area contributed by atoms with Crippen molar-refractivity contribution in [3.63, 3.8) is 0 Å². The van der Waals surface area contributed by atoms with Crippen LogP contribution in [0, 0.1) is 17.2 Å². The SMILES string of the molecule is CC(C)(C)CC(Cn1cnc2ccccc21)[C@@](C)(CN1CCc2cc(F)ccc21)OC(N)=O. The van der Waals surface area contributed by atoms with E-state index in [1.807, 2.05) is 43.6 Å². The molecule has 7 heteroatoms. The number of anilines is 1. The molecule has 4 rings (SSSR count). The van der Waals surface area contributed by atoms with Crippen LogP contribution in [-0.4, -0.2) is 34.3 Å². The van der Waals surface area contributed by atoms with Gasteiger partial charge in [-0.2, -0.15) is 0 Å². The third-order valence-corrected chi connectivity index (χ3v) is 6.54. The van der Waals surface area contributed by atoms with Gasteiger partial charge in [0.05, 0.1) is 23.9 Å². The van der Waals surface area contributed by atoms with Gasteiger partial charge in [0.1, 0.15) is 11.4 Å². The molecule has 0 fully saturated rings. The number of ether oxygens (including phenoxy) is 1. The molecule has 1 aromatic heterocycles. The number of nitrogens with two attached hydrogens (primary N) is 1. The second kappa shape index (κ2) is 8.69. The highest BCUT2D eigenvalue weighted by Gasteiger charge is 2.42. The lowest BCUT2D eigenvalue weighted by molar-refractivity contribution is -0.0292. The molecule has 0 bridgehead atoms. The lowest BCUT2D eigenvalue weighted by Gasteiger charge is -2.42. The minimum Gasteiger partial charge on any atom is -0.441 e. The van der Waals surface area contributed by atoms with Gasteiger partial charge in [-0.15, -0.1) is 0 Å². The number of para-hydroxylation sites is 2. The number of hydrogen-bond donors (Lipinski definition) is 1. The second-order valence-electron chi connectivity index (χ2n) is 10.5. The predicted octanol–water partition coefficient (Wildman–Crippen LogP) is 5.14. The molecule has 1 unspecified atom stereocenters. The molecule has 0 saturated carbocycles. The Morgan fingerprint density at radius 3 is 2.70 bits per heavy atom. The summed E-state index contributed by atoms with van der Waals surface area (Å²) in [6.07, 6.45) is 2.63. The Bertz CT molecular complexity index is 1150. The van der Waals surface area contributed by atoms with Crippen molar-refractivity contribution in [2.45, 2.75) is 52.7 Å². The van der Waals surface area contributed by atoms with E-state index in [4.69, 9.17) is 10.5 Å². The van der Waals surface area contributed by atoms with Gasteiger partial charge >= 0.3 is 6.09 Å². The van der Waals surface area contributed by atoms with Crippen LogP contribution in [0.15, 0.2) is 48.8 Å². The lowest BCUT2D eigenvalue weighted by atomic mass is 9.76. The Labute approximate surface area is 194 Å². The Hall–Kier alpha value is -3.09. The van der Waals surface area contributed by atoms with Gasteiger partial charge in [-0.25, -0.2) is 14.2 Å². The van der Waals surface area contributed by atoms with Crippen LogP contribution < -0.4 is 10.6 Å². The summed E-state index contributed by atoms with van der Waals surface area (Å²) in [5, 5.41) is 0. The van der Waals surface area contributed by atoms with Gasteiger partial charge in [-0.1, -0.05) is 32.9 Å². The summed E-state index contributed by atoms with van der Waals surface area (Å²) >= 11 is 0. The molecule has 6 nitrogen and oxygen atoms in total. The van der Waals surface area contributed by atoms with Crippen LogP contribution in [0.2, 0.25) is 0 Å². The zero-order chi connectivity index (χ0) is 23.8. The predicted molar refractivity (Wildman–Crippen MR) is 129 cm³/mol. The van der Waals surface area contributed by atoms with Crippen LogP contribution in [0.25, 0.3) is 11.0 Å². The van der Waals surface area contributed by atoms with E-state index >= 15 is 0 Å². The minimum atomic E-state index is -0.861. The molecular formula is C26H33FN4O2. The summed E-state index contributed by atoms with van der Waals surface area (Å²) < 4.78 is 21.8. The van der Waals surface area contributed by atoms with E-state index < -0.39 is 11.7 Å². The molecule has 0 spiro atoms. The van der Waals surface area contributed by atoms with Gasteiger partial charge in [0.15, 0.2) is 0 Å². The van der Waals surface area contributed by atoms with Crippen molar-refractivity contribution in [3.8, 4) is 0 Å². The van der Waals surface area contributed by atoms with Gasteiger partial charge in [-0.05, 0) is 61.1 Å². The van der Waals surface area contributed by atoms with E-state index in [-0.39, 0.29) is 17.2 Å². The van der Waals surface area contributed by atoms with Crippen molar-refractivity contribution >= 4 is 22.8 Å². The monoisotopic (exact) mass is 452 g/mol. The van der Waals surface area contributed by atoms with Gasteiger partial charge in [0.25, 0.3) is 0 Å². The number of carbonyl (C=O) groups excluding carboxylic acids is 1. The van der Waals surface area contributed by atoms with Crippen LogP contribution >= 0.6 is 0 Å². The van der Waals surface area contributed by atoms with E-state index in [2.05, 4.69) is 35.2 Å². The van der Waals surface area contributed by atoms with Crippen LogP contribution in [0.4, 0.5) is 14.9 Å². The number of fused-ring (bicyclic) bond motifs is 2. The molecule has 3 aromatic rings. The van der Waals surface area contributed by atoms with Crippen molar-refractivity contribution in [1.82, 2.24) is 9.55 Å². The summed E-state index contributed by atoms with van der Waals surface area (Å²) in [6.45, 7) is 10.4. The Balaban J connectivity index is 1.69. The van der Waals surface area contributed by atoms with Gasteiger partial charge in [-0.3, -0.25) is 0 Å². The number of primary amides is 1. The van der Waals surface area contributed by atoms with Crippen molar-refractivity contribution in [1.29, 1.82) is 0 Å². The van der Waals surface area contributed by atoms with E-state index in [9.17, 15) is 9.18 Å². The third kappa shape index (κ3) is 5.13. The van der Waals surface area contributed by atoms with Crippen molar-refractivity contribution in [3.05, 3.63) is 60.2 Å². The number of imidazole rings is 1. The summed E-state index contributed by atoms with van der Waals surface area (Å²) in [4.78, 5) is 18.8. The zero-order valence-corrected chi connectivity index (χ0v) is 19.8. The Kier molecular flexibility index (Phi) is 6.08. The molecule has 1 aliphatic heterocycles. The number of rotatable bonds is 7. The average molecular weight is 453 g/mol. The molecular weight excluding hydrogens is 419 g/mol. The van der Waals surface area contributed by atoms with Crippen molar-refractivity contribution in [2.75, 3.05) is 18.0 Å². The first-order chi connectivity index (χ1) is 15.5. The smallest absolute Gasteiger partial charge is 0.405 e. The molecule has 2 atom stereocenters. The molecule has 2 aromatic carbocycles. The van der Waals surface area contributed by atoms with E-state index in [0.29, 0.717) is 13.1 Å².